The van der Waals surface area contributed by atoms with Gasteiger partial charge in [0.1, 0.15) is 11.6 Å². The molecule has 0 radical (unpaired) electrons. The van der Waals surface area contributed by atoms with Gasteiger partial charge in [0.15, 0.2) is 0 Å². The van der Waals surface area contributed by atoms with Gasteiger partial charge in [0, 0.05) is 17.7 Å². The number of carboxylic acid groups (broad SMARTS) is 1. The highest BCUT2D eigenvalue weighted by molar-refractivity contribution is 5.96. The number of hydrogen-bond acceptors (Lipinski definition) is 4. The fourth-order valence-electron chi connectivity index (χ4n) is 3.17. The summed E-state index contributed by atoms with van der Waals surface area (Å²) in [6, 6.07) is 4.72. The first-order valence-corrected chi connectivity index (χ1v) is 9.72. The Morgan fingerprint density at radius 2 is 1.79 bits per heavy atom. The number of nitrogens with two attached hydrogens (primary N) is 1. The Kier molecular flexibility index (Phi) is 8.04. The van der Waals surface area contributed by atoms with E-state index in [4.69, 9.17) is 5.73 Å². The second-order valence-electron chi connectivity index (χ2n) is 7.22. The molecule has 8 nitrogen and oxygen atoms in total. The van der Waals surface area contributed by atoms with Crippen LogP contribution in [0.4, 0.5) is 4.79 Å². The van der Waals surface area contributed by atoms with Crippen LogP contribution < -0.4 is 16.4 Å². The minimum absolute atomic E-state index is 0.156. The zero-order valence-electron chi connectivity index (χ0n) is 16.2. The van der Waals surface area contributed by atoms with E-state index in [1.165, 1.54) is 0 Å². The first-order chi connectivity index (χ1) is 13.8. The van der Waals surface area contributed by atoms with E-state index in [2.05, 4.69) is 22.5 Å². The van der Waals surface area contributed by atoms with Gasteiger partial charge in [0.2, 0.25) is 0 Å². The summed E-state index contributed by atoms with van der Waals surface area (Å²) in [5, 5.41) is 24.5. The lowest BCUT2D eigenvalue weighted by molar-refractivity contribution is -0.139. The van der Waals surface area contributed by atoms with Crippen molar-refractivity contribution in [3.05, 3.63) is 35.4 Å². The van der Waals surface area contributed by atoms with Crippen LogP contribution in [-0.2, 0) is 4.79 Å². The summed E-state index contributed by atoms with van der Waals surface area (Å²) >= 11 is 0. The van der Waals surface area contributed by atoms with Gasteiger partial charge in [-0.05, 0) is 62.8 Å². The summed E-state index contributed by atoms with van der Waals surface area (Å²) in [6.45, 7) is 0.231. The van der Waals surface area contributed by atoms with E-state index in [0.29, 0.717) is 30.4 Å². The standard InChI is InChI=1S/C21H27N3O5/c22-20(28)23-14-4-5-17(19(26)27)24-18(25)16-8-6-15(7-9-16)10-13-21(29)11-2-1-3-12-21/h6-9,17,29H,1-5,11-12,14H2,(H,24,25)(H,26,27)(H3,22,23,28)/t17-/m1/s1. The molecule has 1 aromatic carbocycles. The van der Waals surface area contributed by atoms with Gasteiger partial charge in [-0.15, -0.1) is 0 Å². The van der Waals surface area contributed by atoms with Gasteiger partial charge >= 0.3 is 12.0 Å². The number of nitrogens with one attached hydrogen (secondary N) is 2. The predicted octanol–water partition coefficient (Wildman–Crippen LogP) is 1.36. The summed E-state index contributed by atoms with van der Waals surface area (Å²) in [6.07, 6.45) is 4.91. The molecule has 0 bridgehead atoms. The molecule has 0 saturated heterocycles. The number of carboxylic acids is 1. The average molecular weight is 401 g/mol. The molecule has 1 aliphatic carbocycles. The minimum atomic E-state index is -1.15. The van der Waals surface area contributed by atoms with E-state index < -0.39 is 29.6 Å². The smallest absolute Gasteiger partial charge is 0.326 e. The fraction of sp³-hybridized carbons (Fsp3) is 0.476. The molecular formula is C21H27N3O5. The van der Waals surface area contributed by atoms with E-state index in [-0.39, 0.29) is 13.0 Å². The van der Waals surface area contributed by atoms with E-state index in [1.807, 2.05) is 0 Å². The first-order valence-electron chi connectivity index (χ1n) is 9.72. The molecule has 1 saturated carbocycles. The van der Waals surface area contributed by atoms with Crippen molar-refractivity contribution in [3.8, 4) is 11.8 Å². The van der Waals surface area contributed by atoms with E-state index in [1.54, 1.807) is 24.3 Å². The fourth-order valence-corrected chi connectivity index (χ4v) is 3.17. The Morgan fingerprint density at radius 1 is 1.14 bits per heavy atom. The number of carbonyl (C=O) groups excluding carboxylic acids is 2. The highest BCUT2D eigenvalue weighted by Crippen LogP contribution is 2.27. The number of carbonyl (C=O) groups is 3. The van der Waals surface area contributed by atoms with Crippen LogP contribution in [0.25, 0.3) is 0 Å². The maximum Gasteiger partial charge on any atom is 0.326 e. The second kappa shape index (κ2) is 10.5. The monoisotopic (exact) mass is 401 g/mol. The molecule has 1 aliphatic rings. The third-order valence-corrected chi connectivity index (χ3v) is 4.84. The molecule has 156 valence electrons. The Bertz CT molecular complexity index is 789. The zero-order chi connectivity index (χ0) is 21.3. The Morgan fingerprint density at radius 3 is 2.38 bits per heavy atom. The maximum atomic E-state index is 12.3. The van der Waals surface area contributed by atoms with Crippen molar-refractivity contribution in [1.82, 2.24) is 10.6 Å². The van der Waals surface area contributed by atoms with Gasteiger partial charge in [-0.25, -0.2) is 9.59 Å². The topological polar surface area (TPSA) is 142 Å². The van der Waals surface area contributed by atoms with Crippen molar-refractivity contribution in [2.24, 2.45) is 5.73 Å². The first kappa shape index (κ1) is 22.2. The molecule has 0 aliphatic heterocycles. The summed E-state index contributed by atoms with van der Waals surface area (Å²) in [5.74, 6) is 4.23. The molecule has 1 fully saturated rings. The quantitative estimate of drug-likeness (QED) is 0.346. The lowest BCUT2D eigenvalue weighted by Crippen LogP contribution is -2.41. The molecule has 0 aromatic heterocycles. The predicted molar refractivity (Wildman–Crippen MR) is 107 cm³/mol. The molecule has 29 heavy (non-hydrogen) atoms. The average Bonchev–Trinajstić information content (AvgIpc) is 2.69. The van der Waals surface area contributed by atoms with Gasteiger partial charge in [-0.1, -0.05) is 18.3 Å². The number of urea groups is 1. The number of amides is 3. The van der Waals surface area contributed by atoms with Gasteiger partial charge < -0.3 is 26.6 Å². The summed E-state index contributed by atoms with van der Waals surface area (Å²) in [4.78, 5) is 34.3. The number of aliphatic carboxylic acids is 1. The number of primary amides is 1. The van der Waals surface area contributed by atoms with Crippen LogP contribution in [0.5, 0.6) is 0 Å². The largest absolute Gasteiger partial charge is 0.480 e. The highest BCUT2D eigenvalue weighted by Gasteiger charge is 2.26. The van der Waals surface area contributed by atoms with Crippen LogP contribution in [0, 0.1) is 11.8 Å². The molecule has 1 aromatic rings. The lowest BCUT2D eigenvalue weighted by atomic mass is 9.85. The van der Waals surface area contributed by atoms with E-state index >= 15 is 0 Å². The molecular weight excluding hydrogens is 374 g/mol. The number of hydrogen-bond donors (Lipinski definition) is 5. The normalized spacial score (nSPS) is 16.0. The van der Waals surface area contributed by atoms with Crippen LogP contribution in [0.2, 0.25) is 0 Å². The summed E-state index contributed by atoms with van der Waals surface area (Å²) in [7, 11) is 0. The van der Waals surface area contributed by atoms with E-state index in [9.17, 15) is 24.6 Å². The van der Waals surface area contributed by atoms with Crippen molar-refractivity contribution in [3.63, 3.8) is 0 Å². The maximum absolute atomic E-state index is 12.3. The van der Waals surface area contributed by atoms with Gasteiger partial charge in [-0.3, -0.25) is 4.79 Å². The van der Waals surface area contributed by atoms with Crippen LogP contribution in [0.15, 0.2) is 24.3 Å². The van der Waals surface area contributed by atoms with E-state index in [0.717, 1.165) is 19.3 Å². The molecule has 0 unspecified atom stereocenters. The van der Waals surface area contributed by atoms with Crippen molar-refractivity contribution in [2.75, 3.05) is 6.54 Å². The Balaban J connectivity index is 1.93. The highest BCUT2D eigenvalue weighted by atomic mass is 16.4. The van der Waals surface area contributed by atoms with Gasteiger partial charge in [0.25, 0.3) is 5.91 Å². The summed E-state index contributed by atoms with van der Waals surface area (Å²) in [5.41, 5.74) is 5.00. The third-order valence-electron chi connectivity index (χ3n) is 4.84. The molecule has 6 N–H and O–H groups in total. The molecule has 3 amide bonds. The van der Waals surface area contributed by atoms with Crippen LogP contribution in [-0.4, -0.2) is 46.3 Å². The SMILES string of the molecule is NC(=O)NCCC[C@@H](NC(=O)c1ccc(C#CC2(O)CCCCC2)cc1)C(=O)O. The molecule has 8 heteroatoms. The Hall–Kier alpha value is -3.05. The lowest BCUT2D eigenvalue weighted by Gasteiger charge is -2.26. The number of aliphatic hydroxyl groups is 1. The van der Waals surface area contributed by atoms with Crippen LogP contribution >= 0.6 is 0 Å². The second-order valence-corrected chi connectivity index (χ2v) is 7.22. The van der Waals surface area contributed by atoms with Crippen LogP contribution in [0.1, 0.15) is 60.9 Å². The third kappa shape index (κ3) is 7.47. The minimum Gasteiger partial charge on any atom is -0.480 e. The van der Waals surface area contributed by atoms with Gasteiger partial charge in [-0.2, -0.15) is 0 Å². The van der Waals surface area contributed by atoms with Gasteiger partial charge in [0.05, 0.1) is 0 Å². The molecule has 2 rings (SSSR count). The zero-order valence-corrected chi connectivity index (χ0v) is 16.2. The van der Waals surface area contributed by atoms with Crippen molar-refractivity contribution in [1.29, 1.82) is 0 Å². The van der Waals surface area contributed by atoms with Crippen molar-refractivity contribution >= 4 is 17.9 Å². The molecule has 0 spiro atoms. The number of rotatable bonds is 7. The van der Waals surface area contributed by atoms with Crippen LogP contribution in [0.3, 0.4) is 0 Å². The molecule has 0 heterocycles. The number of benzene rings is 1. The van der Waals surface area contributed by atoms with Crippen molar-refractivity contribution in [2.45, 2.75) is 56.6 Å². The summed E-state index contributed by atoms with van der Waals surface area (Å²) < 4.78 is 0. The Labute approximate surface area is 169 Å². The van der Waals surface area contributed by atoms with Crippen molar-refractivity contribution < 1.29 is 24.6 Å². The molecule has 1 atom stereocenters.